The van der Waals surface area contributed by atoms with Crippen LogP contribution in [0.5, 0.6) is 5.75 Å². The van der Waals surface area contributed by atoms with E-state index in [9.17, 15) is 13.2 Å². The Kier molecular flexibility index (Phi) is 4.78. The molecule has 0 saturated heterocycles. The molecule has 0 amide bonds. The SMILES string of the molecule is N#Cc1nccnc1NCCOc1ccccc1C(F)(F)F. The Balaban J connectivity index is 1.94. The fourth-order valence-electron chi connectivity index (χ4n) is 1.71. The molecule has 2 aromatic rings. The van der Waals surface area contributed by atoms with Crippen molar-refractivity contribution in [2.45, 2.75) is 6.18 Å². The van der Waals surface area contributed by atoms with Crippen molar-refractivity contribution in [3.05, 3.63) is 47.9 Å². The van der Waals surface area contributed by atoms with Crippen LogP contribution in [0.4, 0.5) is 19.0 Å². The topological polar surface area (TPSA) is 70.8 Å². The first-order valence-corrected chi connectivity index (χ1v) is 6.26. The molecule has 1 aromatic heterocycles. The normalized spacial score (nSPS) is 10.8. The fourth-order valence-corrected chi connectivity index (χ4v) is 1.71. The summed E-state index contributed by atoms with van der Waals surface area (Å²) in [6, 6.07) is 6.84. The summed E-state index contributed by atoms with van der Waals surface area (Å²) in [6.45, 7) is 0.161. The highest BCUT2D eigenvalue weighted by Crippen LogP contribution is 2.35. The second kappa shape index (κ2) is 6.76. The highest BCUT2D eigenvalue weighted by atomic mass is 19.4. The number of halogens is 3. The molecule has 0 aliphatic rings. The maximum atomic E-state index is 12.8. The Morgan fingerprint density at radius 2 is 1.91 bits per heavy atom. The minimum atomic E-state index is -4.47. The summed E-state index contributed by atoms with van der Waals surface area (Å²) in [5.74, 6) is 0.0224. The quantitative estimate of drug-likeness (QED) is 0.860. The molecule has 0 aliphatic carbocycles. The van der Waals surface area contributed by atoms with Crippen molar-refractivity contribution in [2.75, 3.05) is 18.5 Å². The molecule has 1 N–H and O–H groups in total. The summed E-state index contributed by atoms with van der Waals surface area (Å²) in [5, 5.41) is 11.6. The van der Waals surface area contributed by atoms with Crippen molar-refractivity contribution >= 4 is 5.82 Å². The maximum Gasteiger partial charge on any atom is 0.419 e. The Labute approximate surface area is 124 Å². The molecule has 1 heterocycles. The van der Waals surface area contributed by atoms with Crippen molar-refractivity contribution < 1.29 is 17.9 Å². The molecule has 0 atom stereocenters. The lowest BCUT2D eigenvalue weighted by molar-refractivity contribution is -0.138. The second-order valence-corrected chi connectivity index (χ2v) is 4.13. The third-order valence-electron chi connectivity index (χ3n) is 2.65. The van der Waals surface area contributed by atoms with Crippen LogP contribution in [0.25, 0.3) is 0 Å². The van der Waals surface area contributed by atoms with E-state index >= 15 is 0 Å². The minimum Gasteiger partial charge on any atom is -0.491 e. The number of nitrogens with one attached hydrogen (secondary N) is 1. The first-order chi connectivity index (χ1) is 10.5. The molecule has 0 radical (unpaired) electrons. The highest BCUT2D eigenvalue weighted by Gasteiger charge is 2.33. The van der Waals surface area contributed by atoms with Gasteiger partial charge in [0.05, 0.1) is 12.1 Å². The predicted octanol–water partition coefficient (Wildman–Crippen LogP) is 2.86. The summed E-state index contributed by atoms with van der Waals surface area (Å²) in [5.41, 5.74) is -0.717. The lowest BCUT2D eigenvalue weighted by Crippen LogP contribution is -2.15. The van der Waals surface area contributed by atoms with Gasteiger partial charge in [-0.3, -0.25) is 0 Å². The van der Waals surface area contributed by atoms with E-state index in [4.69, 9.17) is 10.00 Å². The van der Waals surface area contributed by atoms with E-state index in [2.05, 4.69) is 15.3 Å². The third kappa shape index (κ3) is 3.85. The van der Waals surface area contributed by atoms with Gasteiger partial charge in [-0.1, -0.05) is 12.1 Å². The predicted molar refractivity (Wildman–Crippen MR) is 72.2 cm³/mol. The van der Waals surface area contributed by atoms with E-state index in [-0.39, 0.29) is 30.4 Å². The molecule has 0 aliphatic heterocycles. The molecular weight excluding hydrogens is 297 g/mol. The van der Waals surface area contributed by atoms with Crippen LogP contribution in [0.2, 0.25) is 0 Å². The highest BCUT2D eigenvalue weighted by molar-refractivity contribution is 5.46. The van der Waals surface area contributed by atoms with E-state index in [1.807, 2.05) is 6.07 Å². The number of hydrogen-bond donors (Lipinski definition) is 1. The number of nitriles is 1. The first-order valence-electron chi connectivity index (χ1n) is 6.26. The largest absolute Gasteiger partial charge is 0.491 e. The van der Waals surface area contributed by atoms with Gasteiger partial charge in [-0.25, -0.2) is 9.97 Å². The number of ether oxygens (including phenoxy) is 1. The van der Waals surface area contributed by atoms with Crippen molar-refractivity contribution in [3.8, 4) is 11.8 Å². The minimum absolute atomic E-state index is 0.0193. The van der Waals surface area contributed by atoms with Gasteiger partial charge in [0.25, 0.3) is 0 Å². The lowest BCUT2D eigenvalue weighted by Gasteiger charge is -2.14. The van der Waals surface area contributed by atoms with Gasteiger partial charge in [-0.2, -0.15) is 18.4 Å². The second-order valence-electron chi connectivity index (χ2n) is 4.13. The molecule has 2 rings (SSSR count). The molecule has 1 aromatic carbocycles. The van der Waals surface area contributed by atoms with Crippen LogP contribution in [0.15, 0.2) is 36.7 Å². The zero-order chi connectivity index (χ0) is 16.0. The standard InChI is InChI=1S/C14H11F3N4O/c15-14(16,17)10-3-1-2-4-12(10)22-8-7-21-13-11(9-18)19-5-6-20-13/h1-6H,7-8H2,(H,20,21). The van der Waals surface area contributed by atoms with Gasteiger partial charge in [-0.05, 0) is 12.1 Å². The van der Waals surface area contributed by atoms with Crippen molar-refractivity contribution in [1.82, 2.24) is 9.97 Å². The molecule has 0 saturated carbocycles. The monoisotopic (exact) mass is 308 g/mol. The molecule has 22 heavy (non-hydrogen) atoms. The summed E-state index contributed by atoms with van der Waals surface area (Å²) in [6.07, 6.45) is -1.69. The molecule has 8 heteroatoms. The van der Waals surface area contributed by atoms with Crippen LogP contribution < -0.4 is 10.1 Å². The summed E-state index contributed by atoms with van der Waals surface area (Å²) < 4.78 is 43.5. The Hall–Kier alpha value is -2.82. The van der Waals surface area contributed by atoms with Crippen LogP contribution in [-0.4, -0.2) is 23.1 Å². The number of alkyl halides is 3. The number of para-hydroxylation sites is 1. The Morgan fingerprint density at radius 3 is 2.64 bits per heavy atom. The van der Waals surface area contributed by atoms with Gasteiger partial charge in [-0.15, -0.1) is 0 Å². The molecular formula is C14H11F3N4O. The summed E-state index contributed by atoms with van der Waals surface area (Å²) >= 11 is 0. The van der Waals surface area contributed by atoms with E-state index in [1.54, 1.807) is 0 Å². The summed E-state index contributed by atoms with van der Waals surface area (Å²) in [4.78, 5) is 7.72. The Morgan fingerprint density at radius 1 is 1.18 bits per heavy atom. The fraction of sp³-hybridized carbons (Fsp3) is 0.214. The van der Waals surface area contributed by atoms with Gasteiger partial charge in [0.15, 0.2) is 11.5 Å². The van der Waals surface area contributed by atoms with Crippen molar-refractivity contribution in [2.24, 2.45) is 0 Å². The van der Waals surface area contributed by atoms with Gasteiger partial charge in [0.2, 0.25) is 0 Å². The average molecular weight is 308 g/mol. The smallest absolute Gasteiger partial charge is 0.419 e. The number of nitrogens with zero attached hydrogens (tertiary/aromatic N) is 3. The van der Waals surface area contributed by atoms with Crippen LogP contribution >= 0.6 is 0 Å². The molecule has 0 spiro atoms. The van der Waals surface area contributed by atoms with Gasteiger partial charge < -0.3 is 10.1 Å². The van der Waals surface area contributed by atoms with Gasteiger partial charge in [0, 0.05) is 12.4 Å². The third-order valence-corrected chi connectivity index (χ3v) is 2.65. The number of aromatic nitrogens is 2. The van der Waals surface area contributed by atoms with E-state index in [1.165, 1.54) is 30.6 Å². The van der Waals surface area contributed by atoms with Gasteiger partial charge >= 0.3 is 6.18 Å². The number of anilines is 1. The van der Waals surface area contributed by atoms with Crippen molar-refractivity contribution in [1.29, 1.82) is 5.26 Å². The molecule has 0 fully saturated rings. The number of benzene rings is 1. The van der Waals surface area contributed by atoms with Crippen molar-refractivity contribution in [3.63, 3.8) is 0 Å². The average Bonchev–Trinajstić information content (AvgIpc) is 2.51. The molecule has 114 valence electrons. The summed E-state index contributed by atoms with van der Waals surface area (Å²) in [7, 11) is 0. The number of rotatable bonds is 5. The zero-order valence-corrected chi connectivity index (χ0v) is 11.3. The Bertz CT molecular complexity index is 682. The molecule has 5 nitrogen and oxygen atoms in total. The van der Waals surface area contributed by atoms with E-state index < -0.39 is 11.7 Å². The van der Waals surface area contributed by atoms with Crippen LogP contribution in [0.1, 0.15) is 11.3 Å². The number of hydrogen-bond acceptors (Lipinski definition) is 5. The van der Waals surface area contributed by atoms with E-state index in [0.717, 1.165) is 6.07 Å². The van der Waals surface area contributed by atoms with Crippen LogP contribution in [0.3, 0.4) is 0 Å². The van der Waals surface area contributed by atoms with Crippen LogP contribution in [0, 0.1) is 11.3 Å². The lowest BCUT2D eigenvalue weighted by atomic mass is 10.2. The zero-order valence-electron chi connectivity index (χ0n) is 11.3. The molecule has 0 unspecified atom stereocenters. The van der Waals surface area contributed by atoms with Crippen LogP contribution in [-0.2, 0) is 6.18 Å². The van der Waals surface area contributed by atoms with E-state index in [0.29, 0.717) is 0 Å². The molecule has 0 bridgehead atoms. The first kappa shape index (κ1) is 15.6. The maximum absolute atomic E-state index is 12.8. The van der Waals surface area contributed by atoms with Gasteiger partial charge in [0.1, 0.15) is 18.4 Å².